The Hall–Kier alpha value is -0.0800. The number of unbranched alkanes of at least 4 members (excludes halogenated alkanes) is 11. The van der Waals surface area contributed by atoms with E-state index in [-0.39, 0.29) is 0 Å². The van der Waals surface area contributed by atoms with Crippen LogP contribution in [0.1, 0.15) is 90.4 Å². The molecule has 0 aromatic rings. The van der Waals surface area contributed by atoms with Gasteiger partial charge in [0.15, 0.2) is 0 Å². The number of hydrogen-bond acceptors (Lipinski definition) is 2. The van der Waals surface area contributed by atoms with E-state index in [1.807, 2.05) is 0 Å². The molecule has 1 heterocycles. The average Bonchev–Trinajstić information content (AvgIpc) is 2.49. The second-order valence-electron chi connectivity index (χ2n) is 6.37. The van der Waals surface area contributed by atoms with Crippen molar-refractivity contribution in [3.05, 3.63) is 0 Å². The van der Waals surface area contributed by atoms with Crippen molar-refractivity contribution in [1.29, 1.82) is 0 Å². The molecule has 20 heavy (non-hydrogen) atoms. The first kappa shape index (κ1) is 18.0. The second kappa shape index (κ2) is 13.9. The van der Waals surface area contributed by atoms with Gasteiger partial charge in [0, 0.05) is 13.1 Å². The molecule has 2 heteroatoms. The molecular weight excluding hydrogens is 246 g/mol. The Kier molecular flexibility index (Phi) is 12.5. The highest BCUT2D eigenvalue weighted by Crippen LogP contribution is 2.13. The van der Waals surface area contributed by atoms with Gasteiger partial charge in [-0.25, -0.2) is 0 Å². The van der Waals surface area contributed by atoms with E-state index in [1.54, 1.807) is 0 Å². The van der Waals surface area contributed by atoms with Crippen LogP contribution in [0.5, 0.6) is 0 Å². The first-order chi connectivity index (χ1) is 9.93. The molecule has 0 aromatic heterocycles. The van der Waals surface area contributed by atoms with Crippen molar-refractivity contribution in [1.82, 2.24) is 5.32 Å². The predicted octanol–water partition coefficient (Wildman–Crippen LogP) is 5.07. The standard InChI is InChI=1S/C18H37NO/c1-2-3-4-5-6-7-8-9-10-11-12-13-14-18-17-19-15-16-20-18/h18-19H,2-17H2,1H3. The summed E-state index contributed by atoms with van der Waals surface area (Å²) < 4.78 is 5.72. The van der Waals surface area contributed by atoms with Gasteiger partial charge in [0.2, 0.25) is 0 Å². The van der Waals surface area contributed by atoms with Crippen molar-refractivity contribution in [3.8, 4) is 0 Å². The third kappa shape index (κ3) is 10.7. The molecule has 1 N–H and O–H groups in total. The summed E-state index contributed by atoms with van der Waals surface area (Å²) in [4.78, 5) is 0. The molecule has 0 radical (unpaired) electrons. The third-order valence-electron chi connectivity index (χ3n) is 4.38. The Morgan fingerprint density at radius 1 is 0.800 bits per heavy atom. The lowest BCUT2D eigenvalue weighted by molar-refractivity contribution is 0.0220. The van der Waals surface area contributed by atoms with Crippen LogP contribution in [0.25, 0.3) is 0 Å². The van der Waals surface area contributed by atoms with Crippen molar-refractivity contribution < 1.29 is 4.74 Å². The molecular formula is C18H37NO. The fraction of sp³-hybridized carbons (Fsp3) is 1.00. The first-order valence-corrected chi connectivity index (χ1v) is 9.26. The fourth-order valence-corrected chi connectivity index (χ4v) is 3.02. The summed E-state index contributed by atoms with van der Waals surface area (Å²) in [5.41, 5.74) is 0. The van der Waals surface area contributed by atoms with Gasteiger partial charge in [-0.3, -0.25) is 0 Å². The molecule has 0 aromatic carbocycles. The fourth-order valence-electron chi connectivity index (χ4n) is 3.02. The quantitative estimate of drug-likeness (QED) is 0.477. The second-order valence-corrected chi connectivity index (χ2v) is 6.37. The Balaban J connectivity index is 1.70. The minimum absolute atomic E-state index is 0.492. The van der Waals surface area contributed by atoms with E-state index in [0.717, 1.165) is 19.7 Å². The molecule has 0 saturated carbocycles. The van der Waals surface area contributed by atoms with Crippen LogP contribution in [-0.4, -0.2) is 25.8 Å². The molecule has 120 valence electrons. The van der Waals surface area contributed by atoms with Crippen LogP contribution in [0.3, 0.4) is 0 Å². The van der Waals surface area contributed by atoms with Crippen molar-refractivity contribution in [2.75, 3.05) is 19.7 Å². The highest BCUT2D eigenvalue weighted by Gasteiger charge is 2.11. The van der Waals surface area contributed by atoms with Crippen LogP contribution in [-0.2, 0) is 4.74 Å². The molecule has 2 nitrogen and oxygen atoms in total. The molecule has 1 rings (SSSR count). The van der Waals surface area contributed by atoms with Gasteiger partial charge in [-0.15, -0.1) is 0 Å². The minimum Gasteiger partial charge on any atom is -0.376 e. The van der Waals surface area contributed by atoms with Crippen LogP contribution in [0.2, 0.25) is 0 Å². The van der Waals surface area contributed by atoms with Gasteiger partial charge in [0.1, 0.15) is 0 Å². The van der Waals surface area contributed by atoms with Gasteiger partial charge in [-0.05, 0) is 6.42 Å². The Morgan fingerprint density at radius 2 is 1.35 bits per heavy atom. The van der Waals surface area contributed by atoms with E-state index in [1.165, 1.54) is 83.5 Å². The molecule has 0 bridgehead atoms. The minimum atomic E-state index is 0.492. The molecule has 1 atom stereocenters. The maximum atomic E-state index is 5.72. The largest absolute Gasteiger partial charge is 0.376 e. The summed E-state index contributed by atoms with van der Waals surface area (Å²) in [5.74, 6) is 0. The van der Waals surface area contributed by atoms with Gasteiger partial charge in [-0.2, -0.15) is 0 Å². The number of morpholine rings is 1. The molecule has 1 aliphatic heterocycles. The number of hydrogen-bond donors (Lipinski definition) is 1. The van der Waals surface area contributed by atoms with E-state index in [9.17, 15) is 0 Å². The number of ether oxygens (including phenoxy) is 1. The Morgan fingerprint density at radius 3 is 1.85 bits per heavy atom. The van der Waals surface area contributed by atoms with Crippen molar-refractivity contribution in [3.63, 3.8) is 0 Å². The lowest BCUT2D eigenvalue weighted by Crippen LogP contribution is -2.38. The molecule has 0 spiro atoms. The highest BCUT2D eigenvalue weighted by atomic mass is 16.5. The summed E-state index contributed by atoms with van der Waals surface area (Å²) in [6.45, 7) is 5.30. The smallest absolute Gasteiger partial charge is 0.0700 e. The first-order valence-electron chi connectivity index (χ1n) is 9.26. The zero-order valence-electron chi connectivity index (χ0n) is 13.8. The normalized spacial score (nSPS) is 19.4. The van der Waals surface area contributed by atoms with E-state index in [2.05, 4.69) is 12.2 Å². The maximum Gasteiger partial charge on any atom is 0.0700 e. The zero-order valence-corrected chi connectivity index (χ0v) is 13.8. The van der Waals surface area contributed by atoms with Gasteiger partial charge in [0.25, 0.3) is 0 Å². The molecule has 1 aliphatic rings. The molecule has 1 saturated heterocycles. The summed E-state index contributed by atoms with van der Waals surface area (Å²) in [6.07, 6.45) is 18.9. The monoisotopic (exact) mass is 283 g/mol. The van der Waals surface area contributed by atoms with Gasteiger partial charge in [0.05, 0.1) is 12.7 Å². The SMILES string of the molecule is CCCCCCCCCCCCCCC1CNCCO1. The van der Waals surface area contributed by atoms with Crippen LogP contribution in [0.15, 0.2) is 0 Å². The summed E-state index contributed by atoms with van der Waals surface area (Å²) in [5, 5.41) is 3.40. The summed E-state index contributed by atoms with van der Waals surface area (Å²) in [6, 6.07) is 0. The molecule has 0 amide bonds. The van der Waals surface area contributed by atoms with Crippen LogP contribution in [0, 0.1) is 0 Å². The lowest BCUT2D eigenvalue weighted by atomic mass is 10.0. The topological polar surface area (TPSA) is 21.3 Å². The van der Waals surface area contributed by atoms with Crippen LogP contribution >= 0.6 is 0 Å². The van der Waals surface area contributed by atoms with E-state index >= 15 is 0 Å². The average molecular weight is 284 g/mol. The van der Waals surface area contributed by atoms with Gasteiger partial charge < -0.3 is 10.1 Å². The summed E-state index contributed by atoms with van der Waals surface area (Å²) >= 11 is 0. The highest BCUT2D eigenvalue weighted by molar-refractivity contribution is 4.66. The molecule has 1 unspecified atom stereocenters. The maximum absolute atomic E-state index is 5.72. The zero-order chi connectivity index (χ0) is 14.3. The van der Waals surface area contributed by atoms with Crippen molar-refractivity contribution >= 4 is 0 Å². The van der Waals surface area contributed by atoms with Gasteiger partial charge >= 0.3 is 0 Å². The number of rotatable bonds is 13. The van der Waals surface area contributed by atoms with E-state index < -0.39 is 0 Å². The predicted molar refractivity (Wildman–Crippen MR) is 88.3 cm³/mol. The van der Waals surface area contributed by atoms with E-state index in [0.29, 0.717) is 6.10 Å². The van der Waals surface area contributed by atoms with Crippen molar-refractivity contribution in [2.45, 2.75) is 96.5 Å². The summed E-state index contributed by atoms with van der Waals surface area (Å²) in [7, 11) is 0. The number of nitrogens with one attached hydrogen (secondary N) is 1. The molecule has 1 fully saturated rings. The Bertz CT molecular complexity index is 190. The van der Waals surface area contributed by atoms with Crippen LogP contribution < -0.4 is 5.32 Å². The van der Waals surface area contributed by atoms with E-state index in [4.69, 9.17) is 4.74 Å². The van der Waals surface area contributed by atoms with Gasteiger partial charge in [-0.1, -0.05) is 84.0 Å². The van der Waals surface area contributed by atoms with Crippen LogP contribution in [0.4, 0.5) is 0 Å². The Labute approximate surface area is 127 Å². The van der Waals surface area contributed by atoms with Crippen molar-refractivity contribution in [2.24, 2.45) is 0 Å². The molecule has 0 aliphatic carbocycles. The third-order valence-corrected chi connectivity index (χ3v) is 4.38. The lowest BCUT2D eigenvalue weighted by Gasteiger charge is -2.23.